The number of aromatic nitrogens is 1. The van der Waals surface area contributed by atoms with Crippen LogP contribution >= 0.6 is 12.4 Å². The number of unbranched alkanes of at least 4 members (excludes halogenated alkanes) is 9. The normalized spacial score (nSPS) is 9.65. The Balaban J connectivity index is -0.00000108. The number of hydrogen-bond acceptors (Lipinski definition) is 0. The third kappa shape index (κ3) is 13.4. The zero-order valence-electron chi connectivity index (χ0n) is 14.5. The van der Waals surface area contributed by atoms with Crippen LogP contribution in [0.4, 0.5) is 0 Å². The minimum absolute atomic E-state index is 0. The fraction of sp³-hybridized carbons (Fsp3) is 0.706. The van der Waals surface area contributed by atoms with E-state index in [0.29, 0.717) is 0 Å². The predicted octanol–water partition coefficient (Wildman–Crippen LogP) is 2.43. The van der Waals surface area contributed by atoms with Crippen LogP contribution in [-0.4, -0.2) is 0 Å². The van der Waals surface area contributed by atoms with Crippen molar-refractivity contribution >= 4 is 12.4 Å². The maximum absolute atomic E-state index is 2.28. The number of rotatable bonds is 11. The van der Waals surface area contributed by atoms with Crippen molar-refractivity contribution < 1.29 is 35.6 Å². The van der Waals surface area contributed by atoms with Gasteiger partial charge in [-0.3, -0.25) is 0 Å². The molecule has 0 bridgehead atoms. The standard InChI is InChI=1S/C17H30N.ClH.Na.H/c1-2-3-4-5-6-7-8-9-10-12-15-18-16-13-11-14-17-18;;;/h11,13-14,16-17H,2-10,12,15H2,1H3;1H;;/q+1;;+1;-1. The summed E-state index contributed by atoms with van der Waals surface area (Å²) in [4.78, 5) is 0. The molecule has 0 atom stereocenters. The van der Waals surface area contributed by atoms with Gasteiger partial charge in [0.2, 0.25) is 0 Å². The Bertz CT molecular complexity index is 285. The predicted molar refractivity (Wildman–Crippen MR) is 86.8 cm³/mol. The van der Waals surface area contributed by atoms with E-state index in [1.165, 1.54) is 70.8 Å². The van der Waals surface area contributed by atoms with E-state index >= 15 is 0 Å². The van der Waals surface area contributed by atoms with Crippen LogP contribution in [0.15, 0.2) is 30.6 Å². The summed E-state index contributed by atoms with van der Waals surface area (Å²) in [6.07, 6.45) is 18.5. The van der Waals surface area contributed by atoms with Crippen LogP contribution in [0.3, 0.4) is 0 Å². The van der Waals surface area contributed by atoms with E-state index < -0.39 is 0 Å². The van der Waals surface area contributed by atoms with Gasteiger partial charge in [0.15, 0.2) is 12.4 Å². The molecule has 0 unspecified atom stereocenters. The number of hydrogen-bond donors (Lipinski definition) is 0. The summed E-state index contributed by atoms with van der Waals surface area (Å²) in [7, 11) is 0. The van der Waals surface area contributed by atoms with Gasteiger partial charge in [-0.1, -0.05) is 64.4 Å². The molecule has 1 heterocycles. The molecule has 112 valence electrons. The summed E-state index contributed by atoms with van der Waals surface area (Å²) >= 11 is 0. The minimum atomic E-state index is 0. The molecule has 1 aromatic rings. The fourth-order valence-corrected chi connectivity index (χ4v) is 2.37. The van der Waals surface area contributed by atoms with E-state index in [-0.39, 0.29) is 43.4 Å². The average molecular weight is 309 g/mol. The van der Waals surface area contributed by atoms with Crippen molar-refractivity contribution in [2.24, 2.45) is 0 Å². The number of aryl methyl sites for hydroxylation is 1. The second kappa shape index (κ2) is 17.5. The van der Waals surface area contributed by atoms with Crippen LogP contribution in [-0.2, 0) is 6.54 Å². The van der Waals surface area contributed by atoms with Crippen molar-refractivity contribution in [3.63, 3.8) is 0 Å². The topological polar surface area (TPSA) is 3.88 Å². The Labute approximate surface area is 155 Å². The molecule has 1 rings (SSSR count). The van der Waals surface area contributed by atoms with Gasteiger partial charge in [0.05, 0.1) is 0 Å². The van der Waals surface area contributed by atoms with E-state index in [4.69, 9.17) is 0 Å². The minimum Gasteiger partial charge on any atom is -1.00 e. The molecule has 0 N–H and O–H groups in total. The monoisotopic (exact) mass is 308 g/mol. The van der Waals surface area contributed by atoms with Gasteiger partial charge in [0, 0.05) is 18.6 Å². The van der Waals surface area contributed by atoms with Gasteiger partial charge < -0.3 is 1.43 Å². The summed E-state index contributed by atoms with van der Waals surface area (Å²) in [6, 6.07) is 6.29. The van der Waals surface area contributed by atoms with E-state index in [0.717, 1.165) is 0 Å². The summed E-state index contributed by atoms with van der Waals surface area (Å²) < 4.78 is 2.28. The Morgan fingerprint density at radius 3 is 1.65 bits per heavy atom. The maximum atomic E-state index is 2.28. The molecule has 1 aromatic heterocycles. The molecule has 0 saturated heterocycles. The first-order valence-corrected chi connectivity index (χ1v) is 7.87. The van der Waals surface area contributed by atoms with E-state index in [9.17, 15) is 0 Å². The molecule has 0 spiro atoms. The maximum Gasteiger partial charge on any atom is 1.00 e. The van der Waals surface area contributed by atoms with Crippen LogP contribution in [0.5, 0.6) is 0 Å². The van der Waals surface area contributed by atoms with Crippen LogP contribution < -0.4 is 34.1 Å². The first kappa shape index (κ1) is 22.7. The third-order valence-electron chi connectivity index (χ3n) is 3.55. The molecule has 0 aliphatic rings. The van der Waals surface area contributed by atoms with Gasteiger partial charge in [-0.2, -0.15) is 0 Å². The molecule has 0 aliphatic carbocycles. The van der Waals surface area contributed by atoms with E-state index in [1.807, 2.05) is 0 Å². The number of pyridine rings is 1. The van der Waals surface area contributed by atoms with Gasteiger partial charge in [-0.25, -0.2) is 4.57 Å². The molecular formula is C17H32ClNNa+. The Kier molecular flexibility index (Phi) is 19.9. The van der Waals surface area contributed by atoms with Crippen LogP contribution in [0.2, 0.25) is 0 Å². The van der Waals surface area contributed by atoms with Crippen LogP contribution in [0, 0.1) is 0 Å². The van der Waals surface area contributed by atoms with Crippen LogP contribution in [0.25, 0.3) is 0 Å². The van der Waals surface area contributed by atoms with E-state index in [1.54, 1.807) is 0 Å². The largest absolute Gasteiger partial charge is 1.00 e. The molecule has 20 heavy (non-hydrogen) atoms. The van der Waals surface area contributed by atoms with Gasteiger partial charge in [0.1, 0.15) is 6.54 Å². The van der Waals surface area contributed by atoms with Gasteiger partial charge >= 0.3 is 29.6 Å². The van der Waals surface area contributed by atoms with Gasteiger partial charge in [0.25, 0.3) is 0 Å². The number of halogens is 1. The quantitative estimate of drug-likeness (QED) is 0.336. The Morgan fingerprint density at radius 2 is 1.15 bits per heavy atom. The Hall–Kier alpha value is 0.440. The van der Waals surface area contributed by atoms with Crippen LogP contribution in [0.1, 0.15) is 72.6 Å². The fourth-order valence-electron chi connectivity index (χ4n) is 2.37. The Morgan fingerprint density at radius 1 is 0.700 bits per heavy atom. The molecule has 0 amide bonds. The molecular weight excluding hydrogens is 277 g/mol. The van der Waals surface area contributed by atoms with Crippen molar-refractivity contribution in [2.45, 2.75) is 77.7 Å². The van der Waals surface area contributed by atoms with Crippen molar-refractivity contribution in [1.29, 1.82) is 0 Å². The number of nitrogens with zero attached hydrogens (tertiary/aromatic N) is 1. The summed E-state index contributed by atoms with van der Waals surface area (Å²) in [5, 5.41) is 0. The molecule has 0 aromatic carbocycles. The first-order chi connectivity index (χ1) is 8.93. The molecule has 0 aliphatic heterocycles. The van der Waals surface area contributed by atoms with Gasteiger partial charge in [-0.05, 0) is 6.42 Å². The van der Waals surface area contributed by atoms with E-state index in [2.05, 4.69) is 42.1 Å². The second-order valence-corrected chi connectivity index (χ2v) is 5.30. The first-order valence-electron chi connectivity index (χ1n) is 7.87. The van der Waals surface area contributed by atoms with Gasteiger partial charge in [-0.15, -0.1) is 12.4 Å². The zero-order chi connectivity index (χ0) is 12.9. The van der Waals surface area contributed by atoms with Crippen molar-refractivity contribution in [2.75, 3.05) is 0 Å². The van der Waals surface area contributed by atoms with Crippen molar-refractivity contribution in [3.05, 3.63) is 30.6 Å². The molecule has 0 radical (unpaired) electrons. The smallest absolute Gasteiger partial charge is 1.00 e. The van der Waals surface area contributed by atoms with Crippen molar-refractivity contribution in [1.82, 2.24) is 0 Å². The SMILES string of the molecule is CCCCCCCCCCCC[n+]1ccccc1.Cl.[H-].[Na+]. The third-order valence-corrected chi connectivity index (χ3v) is 3.55. The van der Waals surface area contributed by atoms with Crippen molar-refractivity contribution in [3.8, 4) is 0 Å². The summed E-state index contributed by atoms with van der Waals surface area (Å²) in [6.45, 7) is 3.46. The summed E-state index contributed by atoms with van der Waals surface area (Å²) in [5.74, 6) is 0. The molecule has 0 saturated carbocycles. The average Bonchev–Trinajstić information content (AvgIpc) is 2.42. The zero-order valence-corrected chi connectivity index (χ0v) is 16.3. The molecule has 3 heteroatoms. The summed E-state index contributed by atoms with van der Waals surface area (Å²) in [5.41, 5.74) is 0. The molecule has 1 nitrogen and oxygen atoms in total. The second-order valence-electron chi connectivity index (χ2n) is 5.30. The molecule has 0 fully saturated rings.